The molecule has 3 rings (SSSR count). The molecule has 0 radical (unpaired) electrons. The summed E-state index contributed by atoms with van der Waals surface area (Å²) in [6.45, 7) is 3.88. The number of carbonyl (C=O) groups is 1. The van der Waals surface area contributed by atoms with Crippen molar-refractivity contribution in [2.75, 3.05) is 23.1 Å². The number of nitrogens with one attached hydrogen (secondary N) is 1. The maximum absolute atomic E-state index is 13.5. The summed E-state index contributed by atoms with van der Waals surface area (Å²) in [5, 5.41) is 4.02. The summed E-state index contributed by atoms with van der Waals surface area (Å²) in [4.78, 5) is 12.9. The van der Waals surface area contributed by atoms with Crippen LogP contribution in [0.25, 0.3) is 0 Å². The van der Waals surface area contributed by atoms with E-state index in [4.69, 9.17) is 11.6 Å². The molecule has 0 aromatic heterocycles. The van der Waals surface area contributed by atoms with Crippen molar-refractivity contribution in [1.29, 1.82) is 0 Å². The molecule has 1 fully saturated rings. The molecule has 1 aliphatic rings. The minimum Gasteiger partial charge on any atom is -0.354 e. The van der Waals surface area contributed by atoms with Gasteiger partial charge in [0.1, 0.15) is 6.54 Å². The second kappa shape index (κ2) is 11.4. The van der Waals surface area contributed by atoms with Crippen molar-refractivity contribution in [2.24, 2.45) is 0 Å². The lowest BCUT2D eigenvalue weighted by atomic mass is 10.0. The number of amides is 1. The third-order valence-electron chi connectivity index (χ3n) is 5.73. The standard InChI is InChI=1S/C24H31ClN2O3S2/c1-18-11-13-21(14-12-18)32(29,30)27(23-10-6-9-22(25)19(23)2)17-24(28)26-15-16-31-20-7-4-3-5-8-20/h6,9-14,20H,3-5,7-8,15-17H2,1-2H3,(H,26,28). The average Bonchev–Trinajstić information content (AvgIpc) is 2.78. The summed E-state index contributed by atoms with van der Waals surface area (Å²) in [6, 6.07) is 11.7. The van der Waals surface area contributed by atoms with Gasteiger partial charge in [0, 0.05) is 22.6 Å². The molecule has 1 saturated carbocycles. The molecule has 0 heterocycles. The van der Waals surface area contributed by atoms with Crippen LogP contribution < -0.4 is 9.62 Å². The van der Waals surface area contributed by atoms with Crippen LogP contribution in [-0.2, 0) is 14.8 Å². The molecular weight excluding hydrogens is 464 g/mol. The van der Waals surface area contributed by atoms with Crippen LogP contribution >= 0.6 is 23.4 Å². The Balaban J connectivity index is 1.73. The van der Waals surface area contributed by atoms with Crippen molar-refractivity contribution in [3.05, 3.63) is 58.6 Å². The second-order valence-corrected chi connectivity index (χ2v) is 11.9. The smallest absolute Gasteiger partial charge is 0.264 e. The number of sulfonamides is 1. The highest BCUT2D eigenvalue weighted by atomic mass is 35.5. The van der Waals surface area contributed by atoms with Crippen LogP contribution in [0.15, 0.2) is 47.4 Å². The summed E-state index contributed by atoms with van der Waals surface area (Å²) in [6.07, 6.45) is 6.39. The van der Waals surface area contributed by atoms with Gasteiger partial charge in [0.15, 0.2) is 0 Å². The number of carbonyl (C=O) groups excluding carboxylic acids is 1. The quantitative estimate of drug-likeness (QED) is 0.478. The SMILES string of the molecule is Cc1ccc(S(=O)(=O)N(CC(=O)NCCSC2CCCCC2)c2cccc(Cl)c2C)cc1. The Morgan fingerprint density at radius 2 is 1.78 bits per heavy atom. The Morgan fingerprint density at radius 1 is 1.09 bits per heavy atom. The Morgan fingerprint density at radius 3 is 2.47 bits per heavy atom. The molecule has 0 atom stereocenters. The minimum absolute atomic E-state index is 0.142. The summed E-state index contributed by atoms with van der Waals surface area (Å²) >= 11 is 8.16. The molecule has 0 unspecified atom stereocenters. The van der Waals surface area contributed by atoms with Gasteiger partial charge in [0.25, 0.3) is 10.0 Å². The molecule has 2 aromatic carbocycles. The van der Waals surface area contributed by atoms with Crippen molar-refractivity contribution in [2.45, 2.75) is 56.1 Å². The minimum atomic E-state index is -3.94. The molecule has 0 spiro atoms. The second-order valence-electron chi connectivity index (χ2n) is 8.19. The van der Waals surface area contributed by atoms with E-state index in [1.165, 1.54) is 32.1 Å². The maximum atomic E-state index is 13.5. The number of halogens is 1. The van der Waals surface area contributed by atoms with E-state index in [1.807, 2.05) is 18.7 Å². The van der Waals surface area contributed by atoms with Crippen LogP contribution in [0, 0.1) is 13.8 Å². The number of hydrogen-bond donors (Lipinski definition) is 1. The lowest BCUT2D eigenvalue weighted by Gasteiger charge is -2.26. The van der Waals surface area contributed by atoms with Gasteiger partial charge < -0.3 is 5.32 Å². The summed E-state index contributed by atoms with van der Waals surface area (Å²) in [5.74, 6) is 0.501. The fraction of sp³-hybridized carbons (Fsp3) is 0.458. The third kappa shape index (κ3) is 6.42. The summed E-state index contributed by atoms with van der Waals surface area (Å²) < 4.78 is 28.1. The molecule has 2 aromatic rings. The van der Waals surface area contributed by atoms with Gasteiger partial charge in [-0.15, -0.1) is 0 Å². The number of hydrogen-bond acceptors (Lipinski definition) is 4. The predicted molar refractivity (Wildman–Crippen MR) is 134 cm³/mol. The zero-order valence-electron chi connectivity index (χ0n) is 18.6. The molecule has 0 aliphatic heterocycles. The fourth-order valence-electron chi connectivity index (χ4n) is 3.84. The molecule has 1 aliphatic carbocycles. The molecule has 5 nitrogen and oxygen atoms in total. The van der Waals surface area contributed by atoms with E-state index in [9.17, 15) is 13.2 Å². The Kier molecular flexibility index (Phi) is 8.91. The normalized spacial score (nSPS) is 14.8. The first-order valence-corrected chi connectivity index (χ1v) is 13.9. The van der Waals surface area contributed by atoms with Gasteiger partial charge >= 0.3 is 0 Å². The average molecular weight is 495 g/mol. The highest BCUT2D eigenvalue weighted by Gasteiger charge is 2.28. The van der Waals surface area contributed by atoms with Crippen molar-refractivity contribution in [3.63, 3.8) is 0 Å². The van der Waals surface area contributed by atoms with E-state index in [0.29, 0.717) is 28.1 Å². The van der Waals surface area contributed by atoms with E-state index < -0.39 is 10.0 Å². The van der Waals surface area contributed by atoms with E-state index in [-0.39, 0.29) is 17.3 Å². The fourth-order valence-corrected chi connectivity index (χ4v) is 6.71. The number of benzene rings is 2. The van der Waals surface area contributed by atoms with Crippen LogP contribution in [0.3, 0.4) is 0 Å². The number of aryl methyl sites for hydroxylation is 1. The Hall–Kier alpha value is -1.70. The van der Waals surface area contributed by atoms with Crippen LogP contribution in [0.1, 0.15) is 43.2 Å². The molecule has 0 bridgehead atoms. The van der Waals surface area contributed by atoms with E-state index in [0.717, 1.165) is 15.6 Å². The van der Waals surface area contributed by atoms with Gasteiger partial charge in [-0.05, 0) is 56.5 Å². The molecule has 32 heavy (non-hydrogen) atoms. The highest BCUT2D eigenvalue weighted by molar-refractivity contribution is 7.99. The van der Waals surface area contributed by atoms with Gasteiger partial charge in [-0.2, -0.15) is 11.8 Å². The van der Waals surface area contributed by atoms with Gasteiger partial charge in [-0.3, -0.25) is 9.10 Å². The zero-order valence-corrected chi connectivity index (χ0v) is 21.0. The van der Waals surface area contributed by atoms with E-state index in [1.54, 1.807) is 49.4 Å². The van der Waals surface area contributed by atoms with Crippen molar-refractivity contribution < 1.29 is 13.2 Å². The van der Waals surface area contributed by atoms with E-state index in [2.05, 4.69) is 5.32 Å². The topological polar surface area (TPSA) is 66.5 Å². The third-order valence-corrected chi connectivity index (χ3v) is 9.30. The van der Waals surface area contributed by atoms with Crippen LogP contribution in [0.4, 0.5) is 5.69 Å². The monoisotopic (exact) mass is 494 g/mol. The van der Waals surface area contributed by atoms with Crippen molar-refractivity contribution in [1.82, 2.24) is 5.32 Å². The van der Waals surface area contributed by atoms with Gasteiger partial charge in [-0.25, -0.2) is 8.42 Å². The summed E-state index contributed by atoms with van der Waals surface area (Å²) in [5.41, 5.74) is 1.98. The van der Waals surface area contributed by atoms with E-state index >= 15 is 0 Å². The molecule has 0 saturated heterocycles. The van der Waals surface area contributed by atoms with Crippen molar-refractivity contribution in [3.8, 4) is 0 Å². The van der Waals surface area contributed by atoms with Gasteiger partial charge in [0.05, 0.1) is 10.6 Å². The first kappa shape index (κ1) is 24.9. The largest absolute Gasteiger partial charge is 0.354 e. The number of rotatable bonds is 9. The van der Waals surface area contributed by atoms with Crippen molar-refractivity contribution >= 4 is 45.0 Å². The highest BCUT2D eigenvalue weighted by Crippen LogP contribution is 2.31. The summed E-state index contributed by atoms with van der Waals surface area (Å²) in [7, 11) is -3.94. The molecule has 1 N–H and O–H groups in total. The predicted octanol–water partition coefficient (Wildman–Crippen LogP) is 5.33. The molecule has 1 amide bonds. The number of thioether (sulfide) groups is 1. The van der Waals surface area contributed by atoms with Crippen LogP contribution in [0.5, 0.6) is 0 Å². The zero-order chi connectivity index (χ0) is 23.1. The van der Waals surface area contributed by atoms with Crippen LogP contribution in [-0.4, -0.2) is 38.4 Å². The molecular formula is C24H31ClN2O3S2. The number of nitrogens with zero attached hydrogens (tertiary/aromatic N) is 1. The first-order valence-electron chi connectivity index (χ1n) is 11.0. The maximum Gasteiger partial charge on any atom is 0.264 e. The number of anilines is 1. The lowest BCUT2D eigenvalue weighted by molar-refractivity contribution is -0.119. The first-order chi connectivity index (χ1) is 15.3. The van der Waals surface area contributed by atoms with Crippen LogP contribution in [0.2, 0.25) is 5.02 Å². The molecule has 8 heteroatoms. The Bertz CT molecular complexity index is 1020. The Labute approximate surface area is 201 Å². The van der Waals surface area contributed by atoms with Gasteiger partial charge in [0.2, 0.25) is 5.91 Å². The van der Waals surface area contributed by atoms with Gasteiger partial charge in [-0.1, -0.05) is 54.6 Å². The molecule has 174 valence electrons. The lowest BCUT2D eigenvalue weighted by Crippen LogP contribution is -2.41.